The van der Waals surface area contributed by atoms with E-state index in [4.69, 9.17) is 37.4 Å². The lowest BCUT2D eigenvalue weighted by Gasteiger charge is -2.57. The van der Waals surface area contributed by atoms with Gasteiger partial charge in [0.15, 0.2) is 5.79 Å². The molecule has 0 radical (unpaired) electrons. The highest BCUT2D eigenvalue weighted by atomic mass is 35.5. The van der Waals surface area contributed by atoms with Crippen LogP contribution in [0.2, 0.25) is 10.0 Å². The zero-order valence-electron chi connectivity index (χ0n) is 25.7. The molecule has 0 aromatic heterocycles. The zero-order chi connectivity index (χ0) is 30.0. The summed E-state index contributed by atoms with van der Waals surface area (Å²) in [6.45, 7) is 10.1. The van der Waals surface area contributed by atoms with Crippen LogP contribution in [0.15, 0.2) is 48.5 Å². The van der Waals surface area contributed by atoms with E-state index in [0.717, 1.165) is 81.7 Å². The average Bonchev–Trinajstić information content (AvgIpc) is 3.02. The number of aliphatic hydroxyl groups excluding tert-OH is 1. The number of piperidine rings is 2. The number of aliphatic hydroxyl groups is 1. The molecule has 0 saturated carbocycles. The SMILES string of the molecule is CCOCCCO[C@@](OC)(c1ccccc1Cl)[C@@H]1CCCN([C@]2(C(CC)CCO)CCCN(c3cccc(Cl)c3)C2)C1. The van der Waals surface area contributed by atoms with Crippen LogP contribution >= 0.6 is 23.2 Å². The highest BCUT2D eigenvalue weighted by Gasteiger charge is 2.51. The Labute approximate surface area is 263 Å². The van der Waals surface area contributed by atoms with E-state index in [1.807, 2.05) is 43.3 Å². The van der Waals surface area contributed by atoms with Crippen LogP contribution in [0.1, 0.15) is 64.4 Å². The summed E-state index contributed by atoms with van der Waals surface area (Å²) in [6.07, 6.45) is 6.78. The van der Waals surface area contributed by atoms with Crippen molar-refractivity contribution in [2.75, 3.05) is 64.6 Å². The number of likely N-dealkylation sites (tertiary alicyclic amines) is 1. The Bertz CT molecular complexity index is 1110. The fourth-order valence-electron chi connectivity index (χ4n) is 7.53. The molecule has 2 aromatic rings. The Hall–Kier alpha value is -1.38. The van der Waals surface area contributed by atoms with Crippen molar-refractivity contribution in [3.63, 3.8) is 0 Å². The number of ether oxygens (including phenoxy) is 3. The van der Waals surface area contributed by atoms with Gasteiger partial charge in [-0.15, -0.1) is 0 Å². The molecule has 8 heteroatoms. The van der Waals surface area contributed by atoms with Gasteiger partial charge in [0.1, 0.15) is 0 Å². The van der Waals surface area contributed by atoms with Crippen LogP contribution in [0.3, 0.4) is 0 Å². The molecule has 2 heterocycles. The highest BCUT2D eigenvalue weighted by Crippen LogP contribution is 2.47. The fourth-order valence-corrected chi connectivity index (χ4v) is 7.98. The molecule has 0 aliphatic carbocycles. The number of hydrogen-bond donors (Lipinski definition) is 1. The van der Waals surface area contributed by atoms with Gasteiger partial charge in [0.25, 0.3) is 0 Å². The lowest BCUT2D eigenvalue weighted by molar-refractivity contribution is -0.275. The summed E-state index contributed by atoms with van der Waals surface area (Å²) in [5.74, 6) is -0.536. The van der Waals surface area contributed by atoms with E-state index in [0.29, 0.717) is 30.8 Å². The lowest BCUT2D eigenvalue weighted by Crippen LogP contribution is -2.66. The van der Waals surface area contributed by atoms with Crippen LogP contribution in [-0.2, 0) is 20.0 Å². The minimum Gasteiger partial charge on any atom is -0.396 e. The molecule has 2 aliphatic heterocycles. The molecule has 0 bridgehead atoms. The standard InChI is InChI=1S/C34H50Cl2N2O4/c1-4-27(17-21-39)33(18-10-19-37(26-33)30-14-8-13-29(35)24-30)38-20-9-12-28(25-38)34(40-3,42-23-11-22-41-5-2)31-15-6-7-16-32(31)36/h6-8,13-16,24,27-28,39H,4-5,9-12,17-23,25-26H2,1-3H3/t27?,28-,33-,34-/m1/s1. The molecule has 42 heavy (non-hydrogen) atoms. The van der Waals surface area contributed by atoms with Gasteiger partial charge in [-0.1, -0.05) is 60.8 Å². The van der Waals surface area contributed by atoms with Crippen molar-refractivity contribution in [1.29, 1.82) is 0 Å². The maximum Gasteiger partial charge on any atom is 0.200 e. The predicted molar refractivity (Wildman–Crippen MR) is 173 cm³/mol. The average molecular weight is 622 g/mol. The van der Waals surface area contributed by atoms with Gasteiger partial charge < -0.3 is 24.2 Å². The summed E-state index contributed by atoms with van der Waals surface area (Å²) in [6, 6.07) is 16.2. The maximum atomic E-state index is 10.2. The van der Waals surface area contributed by atoms with Crippen LogP contribution in [0, 0.1) is 11.8 Å². The zero-order valence-corrected chi connectivity index (χ0v) is 27.2. The highest BCUT2D eigenvalue weighted by molar-refractivity contribution is 6.31. The minimum atomic E-state index is -0.968. The third kappa shape index (κ3) is 7.46. The number of hydrogen-bond acceptors (Lipinski definition) is 6. The van der Waals surface area contributed by atoms with Crippen molar-refractivity contribution in [1.82, 2.24) is 4.90 Å². The largest absolute Gasteiger partial charge is 0.396 e. The molecule has 4 atom stereocenters. The molecule has 0 spiro atoms. The number of anilines is 1. The second-order valence-corrected chi connectivity index (χ2v) is 12.6. The number of methoxy groups -OCH3 is 1. The summed E-state index contributed by atoms with van der Waals surface area (Å²) in [5.41, 5.74) is 1.96. The first kappa shape index (κ1) is 33.5. The molecular weight excluding hydrogens is 571 g/mol. The first-order chi connectivity index (χ1) is 20.4. The third-order valence-corrected chi connectivity index (χ3v) is 10.1. The molecule has 2 fully saturated rings. The summed E-state index contributed by atoms with van der Waals surface area (Å²) >= 11 is 13.3. The Morgan fingerprint density at radius 3 is 2.62 bits per heavy atom. The first-order valence-corrected chi connectivity index (χ1v) is 16.6. The fraction of sp³-hybridized carbons (Fsp3) is 0.647. The van der Waals surface area contributed by atoms with E-state index in [1.54, 1.807) is 7.11 Å². The van der Waals surface area contributed by atoms with E-state index in [1.165, 1.54) is 5.69 Å². The van der Waals surface area contributed by atoms with Gasteiger partial charge in [0, 0.05) is 79.3 Å². The Morgan fingerprint density at radius 1 is 1.07 bits per heavy atom. The predicted octanol–water partition coefficient (Wildman–Crippen LogP) is 7.40. The molecular formula is C34H50Cl2N2O4. The van der Waals surface area contributed by atoms with E-state index < -0.39 is 5.79 Å². The molecule has 2 saturated heterocycles. The molecule has 2 aliphatic rings. The lowest BCUT2D eigenvalue weighted by atomic mass is 9.71. The van der Waals surface area contributed by atoms with Crippen LogP contribution in [0.25, 0.3) is 0 Å². The Kier molecular flexibility index (Phi) is 12.8. The van der Waals surface area contributed by atoms with Crippen molar-refractivity contribution in [2.45, 2.75) is 70.1 Å². The molecule has 234 valence electrons. The summed E-state index contributed by atoms with van der Waals surface area (Å²) in [4.78, 5) is 5.22. The molecule has 1 unspecified atom stereocenters. The first-order valence-electron chi connectivity index (χ1n) is 15.8. The van der Waals surface area contributed by atoms with E-state index >= 15 is 0 Å². The normalized spacial score (nSPS) is 24.0. The van der Waals surface area contributed by atoms with Crippen LogP contribution < -0.4 is 4.90 Å². The van der Waals surface area contributed by atoms with Crippen molar-refractivity contribution >= 4 is 28.9 Å². The van der Waals surface area contributed by atoms with Crippen molar-refractivity contribution < 1.29 is 19.3 Å². The number of halogens is 2. The summed E-state index contributed by atoms with van der Waals surface area (Å²) in [5, 5.41) is 11.6. The van der Waals surface area contributed by atoms with Crippen LogP contribution in [0.5, 0.6) is 0 Å². The van der Waals surface area contributed by atoms with Gasteiger partial charge >= 0.3 is 0 Å². The molecule has 2 aromatic carbocycles. The number of nitrogens with zero attached hydrogens (tertiary/aromatic N) is 2. The maximum absolute atomic E-state index is 10.2. The monoisotopic (exact) mass is 620 g/mol. The van der Waals surface area contributed by atoms with Gasteiger partial charge in [-0.05, 0) is 82.2 Å². The van der Waals surface area contributed by atoms with Gasteiger partial charge in [-0.3, -0.25) is 4.90 Å². The summed E-state index contributed by atoms with van der Waals surface area (Å²) in [7, 11) is 1.75. The second-order valence-electron chi connectivity index (χ2n) is 11.8. The topological polar surface area (TPSA) is 54.4 Å². The van der Waals surface area contributed by atoms with Gasteiger partial charge in [0.05, 0.1) is 6.61 Å². The minimum absolute atomic E-state index is 0.0771. The Morgan fingerprint density at radius 2 is 1.90 bits per heavy atom. The van der Waals surface area contributed by atoms with Crippen LogP contribution in [0.4, 0.5) is 5.69 Å². The number of benzene rings is 2. The molecule has 0 amide bonds. The van der Waals surface area contributed by atoms with E-state index in [9.17, 15) is 5.11 Å². The van der Waals surface area contributed by atoms with Crippen LogP contribution in [-0.4, -0.2) is 75.3 Å². The second kappa shape index (κ2) is 16.1. The van der Waals surface area contributed by atoms with Gasteiger partial charge in [-0.25, -0.2) is 0 Å². The number of rotatable bonds is 15. The smallest absolute Gasteiger partial charge is 0.200 e. The van der Waals surface area contributed by atoms with Crippen molar-refractivity contribution in [3.05, 3.63) is 64.1 Å². The molecule has 1 N–H and O–H groups in total. The van der Waals surface area contributed by atoms with Crippen molar-refractivity contribution in [3.8, 4) is 0 Å². The molecule has 4 rings (SSSR count). The van der Waals surface area contributed by atoms with Gasteiger partial charge in [-0.2, -0.15) is 0 Å². The van der Waals surface area contributed by atoms with Gasteiger partial charge in [0.2, 0.25) is 0 Å². The molecule has 6 nitrogen and oxygen atoms in total. The van der Waals surface area contributed by atoms with E-state index in [-0.39, 0.29) is 18.1 Å². The third-order valence-electron chi connectivity index (χ3n) is 9.50. The quantitative estimate of drug-likeness (QED) is 0.165. The van der Waals surface area contributed by atoms with Crippen molar-refractivity contribution in [2.24, 2.45) is 11.8 Å². The summed E-state index contributed by atoms with van der Waals surface area (Å²) < 4.78 is 18.8. The van der Waals surface area contributed by atoms with E-state index in [2.05, 4.69) is 28.9 Å². The Balaban J connectivity index is 1.69.